The van der Waals surface area contributed by atoms with Crippen LogP contribution in [0.3, 0.4) is 0 Å². The molecular weight excluding hydrogens is 276 g/mol. The minimum absolute atomic E-state index is 0.0476. The van der Waals surface area contributed by atoms with Crippen LogP contribution in [0.1, 0.15) is 38.7 Å². The maximum Gasteiger partial charge on any atom is 0.157 e. The van der Waals surface area contributed by atoms with Crippen LogP contribution >= 0.6 is 0 Å². The molecule has 1 aromatic carbocycles. The molecule has 22 heavy (non-hydrogen) atoms. The molecule has 0 spiro atoms. The van der Waals surface area contributed by atoms with E-state index in [1.807, 2.05) is 6.07 Å². The summed E-state index contributed by atoms with van der Waals surface area (Å²) in [6, 6.07) is 10.4. The van der Waals surface area contributed by atoms with E-state index < -0.39 is 0 Å². The normalized spacial score (nSPS) is 27.2. The molecule has 0 aromatic heterocycles. The second-order valence-electron chi connectivity index (χ2n) is 7.11. The first-order chi connectivity index (χ1) is 10.7. The Hall–Kier alpha value is -0.900. The zero-order chi connectivity index (χ0) is 15.4. The SMILES string of the molecule is CC1(C)C(CCOCc2ccccc2)C1CCC1OCCO1. The average molecular weight is 304 g/mol. The summed E-state index contributed by atoms with van der Waals surface area (Å²) >= 11 is 0. The van der Waals surface area contributed by atoms with E-state index in [1.165, 1.54) is 12.0 Å². The fraction of sp³-hybridized carbons (Fsp3) is 0.684. The lowest BCUT2D eigenvalue weighted by molar-refractivity contribution is -0.0491. The summed E-state index contributed by atoms with van der Waals surface area (Å²) in [5.41, 5.74) is 1.71. The Bertz CT molecular complexity index is 451. The molecule has 1 saturated carbocycles. The second kappa shape index (κ2) is 7.12. The minimum atomic E-state index is 0.0476. The van der Waals surface area contributed by atoms with Gasteiger partial charge < -0.3 is 14.2 Å². The molecule has 122 valence electrons. The van der Waals surface area contributed by atoms with Crippen LogP contribution in [0.15, 0.2) is 30.3 Å². The Labute approximate surface area is 134 Å². The Morgan fingerprint density at radius 3 is 2.41 bits per heavy atom. The highest BCUT2D eigenvalue weighted by molar-refractivity contribution is 5.13. The van der Waals surface area contributed by atoms with E-state index in [2.05, 4.69) is 38.1 Å². The molecule has 3 heteroatoms. The van der Waals surface area contributed by atoms with Gasteiger partial charge in [-0.1, -0.05) is 44.2 Å². The van der Waals surface area contributed by atoms with Crippen LogP contribution in [0, 0.1) is 17.3 Å². The summed E-state index contributed by atoms with van der Waals surface area (Å²) in [6.45, 7) is 7.87. The van der Waals surface area contributed by atoms with Gasteiger partial charge in [0.1, 0.15) is 0 Å². The molecule has 1 aliphatic heterocycles. The summed E-state index contributed by atoms with van der Waals surface area (Å²) in [7, 11) is 0. The standard InChI is InChI=1S/C19H28O3/c1-19(2)16(8-9-18-21-12-13-22-18)17(19)10-11-20-14-15-6-4-3-5-7-15/h3-7,16-18H,8-14H2,1-2H3. The highest BCUT2D eigenvalue weighted by Gasteiger charge is 2.56. The van der Waals surface area contributed by atoms with Crippen molar-refractivity contribution in [2.45, 2.75) is 46.0 Å². The zero-order valence-corrected chi connectivity index (χ0v) is 13.8. The topological polar surface area (TPSA) is 27.7 Å². The highest BCUT2D eigenvalue weighted by atomic mass is 16.7. The predicted octanol–water partition coefficient (Wildman–Crippen LogP) is 4.02. The lowest BCUT2D eigenvalue weighted by Gasteiger charge is -2.08. The summed E-state index contributed by atoms with van der Waals surface area (Å²) in [5, 5.41) is 0. The van der Waals surface area contributed by atoms with Gasteiger partial charge in [0.25, 0.3) is 0 Å². The van der Waals surface area contributed by atoms with Gasteiger partial charge in [-0.3, -0.25) is 0 Å². The summed E-state index contributed by atoms with van der Waals surface area (Å²) < 4.78 is 16.9. The van der Waals surface area contributed by atoms with Crippen molar-refractivity contribution < 1.29 is 14.2 Å². The van der Waals surface area contributed by atoms with Crippen LogP contribution in [0.5, 0.6) is 0 Å². The Balaban J connectivity index is 1.33. The third-order valence-corrected chi connectivity index (χ3v) is 5.38. The predicted molar refractivity (Wildman–Crippen MR) is 86.4 cm³/mol. The van der Waals surface area contributed by atoms with Crippen molar-refractivity contribution in [2.75, 3.05) is 19.8 Å². The van der Waals surface area contributed by atoms with Crippen LogP contribution in [-0.2, 0) is 20.8 Å². The molecule has 2 fully saturated rings. The van der Waals surface area contributed by atoms with Crippen LogP contribution in [0.4, 0.5) is 0 Å². The van der Waals surface area contributed by atoms with E-state index >= 15 is 0 Å². The molecular formula is C19H28O3. The highest BCUT2D eigenvalue weighted by Crippen LogP contribution is 2.62. The first-order valence-electron chi connectivity index (χ1n) is 8.53. The fourth-order valence-electron chi connectivity index (χ4n) is 3.87. The molecule has 2 aliphatic rings. The third-order valence-electron chi connectivity index (χ3n) is 5.38. The Morgan fingerprint density at radius 1 is 1.00 bits per heavy atom. The molecule has 3 nitrogen and oxygen atoms in total. The van der Waals surface area contributed by atoms with Gasteiger partial charge in [0, 0.05) is 6.61 Å². The van der Waals surface area contributed by atoms with E-state index in [0.29, 0.717) is 5.41 Å². The van der Waals surface area contributed by atoms with Crippen LogP contribution < -0.4 is 0 Å². The van der Waals surface area contributed by atoms with E-state index in [1.54, 1.807) is 0 Å². The molecule has 2 atom stereocenters. The monoisotopic (exact) mass is 304 g/mol. The van der Waals surface area contributed by atoms with Gasteiger partial charge in [0.05, 0.1) is 19.8 Å². The van der Waals surface area contributed by atoms with Crippen LogP contribution in [-0.4, -0.2) is 26.1 Å². The van der Waals surface area contributed by atoms with Gasteiger partial charge in [0.2, 0.25) is 0 Å². The summed E-state index contributed by atoms with van der Waals surface area (Å²) in [6.07, 6.45) is 3.46. The molecule has 2 unspecified atom stereocenters. The first kappa shape index (κ1) is 16.0. The summed E-state index contributed by atoms with van der Waals surface area (Å²) in [5.74, 6) is 1.57. The number of ether oxygens (including phenoxy) is 3. The number of benzene rings is 1. The van der Waals surface area contributed by atoms with Gasteiger partial charge in [-0.05, 0) is 42.1 Å². The molecule has 0 N–H and O–H groups in total. The minimum Gasteiger partial charge on any atom is -0.377 e. The van der Waals surface area contributed by atoms with Crippen molar-refractivity contribution in [3.63, 3.8) is 0 Å². The van der Waals surface area contributed by atoms with Crippen molar-refractivity contribution in [2.24, 2.45) is 17.3 Å². The van der Waals surface area contributed by atoms with Crippen LogP contribution in [0.25, 0.3) is 0 Å². The van der Waals surface area contributed by atoms with E-state index in [-0.39, 0.29) is 6.29 Å². The Morgan fingerprint density at radius 2 is 1.68 bits per heavy atom. The smallest absolute Gasteiger partial charge is 0.157 e. The largest absolute Gasteiger partial charge is 0.377 e. The maximum absolute atomic E-state index is 5.84. The number of rotatable bonds is 8. The van der Waals surface area contributed by atoms with Crippen molar-refractivity contribution in [3.8, 4) is 0 Å². The van der Waals surface area contributed by atoms with Crippen molar-refractivity contribution in [1.82, 2.24) is 0 Å². The quantitative estimate of drug-likeness (QED) is 0.679. The van der Waals surface area contributed by atoms with Gasteiger partial charge >= 0.3 is 0 Å². The molecule has 1 saturated heterocycles. The van der Waals surface area contributed by atoms with Crippen molar-refractivity contribution >= 4 is 0 Å². The Kier molecular flexibility index (Phi) is 5.17. The number of hydrogen-bond donors (Lipinski definition) is 0. The van der Waals surface area contributed by atoms with E-state index in [9.17, 15) is 0 Å². The van der Waals surface area contributed by atoms with Gasteiger partial charge in [-0.25, -0.2) is 0 Å². The molecule has 1 aliphatic carbocycles. The number of hydrogen-bond acceptors (Lipinski definition) is 3. The molecule has 0 radical (unpaired) electrons. The lowest BCUT2D eigenvalue weighted by Crippen LogP contribution is -2.08. The molecule has 0 amide bonds. The first-order valence-corrected chi connectivity index (χ1v) is 8.53. The van der Waals surface area contributed by atoms with Crippen molar-refractivity contribution in [3.05, 3.63) is 35.9 Å². The molecule has 1 aromatic rings. The molecule has 3 rings (SSSR count). The maximum atomic E-state index is 5.84. The fourth-order valence-corrected chi connectivity index (χ4v) is 3.87. The van der Waals surface area contributed by atoms with Gasteiger partial charge in [-0.2, -0.15) is 0 Å². The molecule has 1 heterocycles. The van der Waals surface area contributed by atoms with E-state index in [0.717, 1.165) is 51.1 Å². The third kappa shape index (κ3) is 3.89. The average Bonchev–Trinajstić information content (AvgIpc) is 2.89. The van der Waals surface area contributed by atoms with E-state index in [4.69, 9.17) is 14.2 Å². The van der Waals surface area contributed by atoms with Gasteiger partial charge in [-0.15, -0.1) is 0 Å². The van der Waals surface area contributed by atoms with Crippen LogP contribution in [0.2, 0.25) is 0 Å². The lowest BCUT2D eigenvalue weighted by atomic mass is 10.1. The van der Waals surface area contributed by atoms with Gasteiger partial charge in [0.15, 0.2) is 6.29 Å². The summed E-state index contributed by atoms with van der Waals surface area (Å²) in [4.78, 5) is 0. The zero-order valence-electron chi connectivity index (χ0n) is 13.8. The second-order valence-corrected chi connectivity index (χ2v) is 7.11. The molecule has 0 bridgehead atoms. The van der Waals surface area contributed by atoms with Crippen molar-refractivity contribution in [1.29, 1.82) is 0 Å².